The predicted molar refractivity (Wildman–Crippen MR) is 55.9 cm³/mol. The van der Waals surface area contributed by atoms with E-state index in [9.17, 15) is 0 Å². The van der Waals surface area contributed by atoms with Crippen LogP contribution in [0.4, 0.5) is 0 Å². The molecule has 0 saturated carbocycles. The van der Waals surface area contributed by atoms with Crippen LogP contribution in [0.3, 0.4) is 0 Å². The second-order valence-corrected chi connectivity index (χ2v) is 3.86. The SMILES string of the molecule is CC(CO)CNC(C)Cn1ccnc1. The number of imidazole rings is 1. The smallest absolute Gasteiger partial charge is 0.0946 e. The van der Waals surface area contributed by atoms with Crippen LogP contribution < -0.4 is 5.32 Å². The van der Waals surface area contributed by atoms with Gasteiger partial charge in [0.05, 0.1) is 6.33 Å². The summed E-state index contributed by atoms with van der Waals surface area (Å²) in [5, 5.41) is 12.2. The predicted octanol–water partition coefficient (Wildman–Crippen LogP) is 0.490. The molecule has 4 nitrogen and oxygen atoms in total. The Morgan fingerprint density at radius 1 is 1.50 bits per heavy atom. The summed E-state index contributed by atoms with van der Waals surface area (Å²) in [6.45, 7) is 6.16. The molecule has 0 saturated heterocycles. The van der Waals surface area contributed by atoms with Crippen molar-refractivity contribution in [1.82, 2.24) is 14.9 Å². The number of hydrogen-bond donors (Lipinski definition) is 2. The summed E-state index contributed by atoms with van der Waals surface area (Å²) < 4.78 is 2.04. The number of aliphatic hydroxyl groups excluding tert-OH is 1. The van der Waals surface area contributed by atoms with E-state index in [1.54, 1.807) is 6.20 Å². The highest BCUT2D eigenvalue weighted by molar-refractivity contribution is 4.76. The minimum absolute atomic E-state index is 0.241. The number of hydrogen-bond acceptors (Lipinski definition) is 3. The molecular weight excluding hydrogens is 178 g/mol. The molecule has 1 aromatic heterocycles. The van der Waals surface area contributed by atoms with E-state index in [4.69, 9.17) is 5.11 Å². The third kappa shape index (κ3) is 3.89. The molecule has 0 radical (unpaired) electrons. The lowest BCUT2D eigenvalue weighted by Crippen LogP contribution is -2.34. The van der Waals surface area contributed by atoms with Crippen LogP contribution in [0.2, 0.25) is 0 Å². The van der Waals surface area contributed by atoms with Crippen LogP contribution >= 0.6 is 0 Å². The first kappa shape index (κ1) is 11.2. The molecule has 0 bridgehead atoms. The van der Waals surface area contributed by atoms with Gasteiger partial charge < -0.3 is 15.0 Å². The van der Waals surface area contributed by atoms with E-state index in [-0.39, 0.29) is 6.61 Å². The van der Waals surface area contributed by atoms with E-state index in [0.717, 1.165) is 13.1 Å². The molecule has 0 aliphatic heterocycles. The van der Waals surface area contributed by atoms with Crippen molar-refractivity contribution in [2.45, 2.75) is 26.4 Å². The van der Waals surface area contributed by atoms with Crippen LogP contribution in [0, 0.1) is 5.92 Å². The van der Waals surface area contributed by atoms with Crippen molar-refractivity contribution in [3.05, 3.63) is 18.7 Å². The third-order valence-electron chi connectivity index (χ3n) is 2.17. The Bertz CT molecular complexity index is 236. The van der Waals surface area contributed by atoms with Gasteiger partial charge in [0, 0.05) is 38.1 Å². The number of rotatable bonds is 6. The van der Waals surface area contributed by atoms with Crippen LogP contribution in [0.1, 0.15) is 13.8 Å². The van der Waals surface area contributed by atoms with Crippen LogP contribution in [-0.2, 0) is 6.54 Å². The lowest BCUT2D eigenvalue weighted by Gasteiger charge is -2.16. The fraction of sp³-hybridized carbons (Fsp3) is 0.700. The Kier molecular flexibility index (Phi) is 4.62. The summed E-state index contributed by atoms with van der Waals surface area (Å²) in [6, 6.07) is 0.401. The Morgan fingerprint density at radius 2 is 2.29 bits per heavy atom. The van der Waals surface area contributed by atoms with Crippen molar-refractivity contribution < 1.29 is 5.11 Å². The number of aliphatic hydroxyl groups is 1. The van der Waals surface area contributed by atoms with Crippen molar-refractivity contribution in [3.8, 4) is 0 Å². The van der Waals surface area contributed by atoms with Crippen LogP contribution in [-0.4, -0.2) is 33.9 Å². The Balaban J connectivity index is 2.19. The highest BCUT2D eigenvalue weighted by atomic mass is 16.3. The molecule has 0 aliphatic rings. The quantitative estimate of drug-likeness (QED) is 0.698. The minimum atomic E-state index is 0.241. The molecular formula is C10H19N3O. The minimum Gasteiger partial charge on any atom is -0.396 e. The molecule has 80 valence electrons. The molecule has 2 atom stereocenters. The van der Waals surface area contributed by atoms with Gasteiger partial charge in [0.25, 0.3) is 0 Å². The molecule has 2 unspecified atom stereocenters. The summed E-state index contributed by atoms with van der Waals surface area (Å²) in [7, 11) is 0. The van der Waals surface area contributed by atoms with Gasteiger partial charge in [0.2, 0.25) is 0 Å². The third-order valence-corrected chi connectivity index (χ3v) is 2.17. The number of nitrogens with one attached hydrogen (secondary N) is 1. The number of aromatic nitrogens is 2. The summed E-state index contributed by atoms with van der Waals surface area (Å²) in [5.41, 5.74) is 0. The van der Waals surface area contributed by atoms with E-state index in [0.29, 0.717) is 12.0 Å². The normalized spacial score (nSPS) is 15.4. The topological polar surface area (TPSA) is 50.1 Å². The zero-order chi connectivity index (χ0) is 10.4. The van der Waals surface area contributed by atoms with Crippen molar-refractivity contribution in [3.63, 3.8) is 0 Å². The molecule has 1 rings (SSSR count). The van der Waals surface area contributed by atoms with Crippen LogP contribution in [0.25, 0.3) is 0 Å². The van der Waals surface area contributed by atoms with Gasteiger partial charge >= 0.3 is 0 Å². The molecule has 0 spiro atoms. The van der Waals surface area contributed by atoms with Crippen molar-refractivity contribution in [2.75, 3.05) is 13.2 Å². The maximum Gasteiger partial charge on any atom is 0.0946 e. The first-order valence-electron chi connectivity index (χ1n) is 5.02. The molecule has 2 N–H and O–H groups in total. The zero-order valence-electron chi connectivity index (χ0n) is 8.85. The van der Waals surface area contributed by atoms with Gasteiger partial charge in [-0.05, 0) is 12.8 Å². The molecule has 0 aliphatic carbocycles. The highest BCUT2D eigenvalue weighted by Crippen LogP contribution is 1.94. The second-order valence-electron chi connectivity index (χ2n) is 3.86. The lowest BCUT2D eigenvalue weighted by molar-refractivity contribution is 0.229. The van der Waals surface area contributed by atoms with Gasteiger partial charge in [-0.15, -0.1) is 0 Å². The first-order chi connectivity index (χ1) is 6.72. The fourth-order valence-electron chi connectivity index (χ4n) is 1.24. The van der Waals surface area contributed by atoms with Gasteiger partial charge in [-0.25, -0.2) is 4.98 Å². The van der Waals surface area contributed by atoms with Crippen molar-refractivity contribution >= 4 is 0 Å². The molecule has 14 heavy (non-hydrogen) atoms. The first-order valence-corrected chi connectivity index (χ1v) is 5.02. The Hall–Kier alpha value is -0.870. The van der Waals surface area contributed by atoms with Crippen molar-refractivity contribution in [1.29, 1.82) is 0 Å². The average molecular weight is 197 g/mol. The van der Waals surface area contributed by atoms with Crippen LogP contribution in [0.5, 0.6) is 0 Å². The maximum absolute atomic E-state index is 8.85. The molecule has 0 aromatic carbocycles. The van der Waals surface area contributed by atoms with E-state index in [1.807, 2.05) is 24.0 Å². The van der Waals surface area contributed by atoms with Gasteiger partial charge in [-0.3, -0.25) is 0 Å². The molecule has 1 heterocycles. The van der Waals surface area contributed by atoms with Gasteiger partial charge in [0.15, 0.2) is 0 Å². The highest BCUT2D eigenvalue weighted by Gasteiger charge is 2.04. The van der Waals surface area contributed by atoms with Gasteiger partial charge in [0.1, 0.15) is 0 Å². The Labute approximate surface area is 85.0 Å². The van der Waals surface area contributed by atoms with Crippen molar-refractivity contribution in [2.24, 2.45) is 5.92 Å². The van der Waals surface area contributed by atoms with Gasteiger partial charge in [-0.1, -0.05) is 6.92 Å². The van der Waals surface area contributed by atoms with Crippen LogP contribution in [0.15, 0.2) is 18.7 Å². The largest absolute Gasteiger partial charge is 0.396 e. The summed E-state index contributed by atoms with van der Waals surface area (Å²) in [5.74, 6) is 0.320. The number of nitrogens with zero attached hydrogens (tertiary/aromatic N) is 2. The monoisotopic (exact) mass is 197 g/mol. The van der Waals surface area contributed by atoms with E-state index < -0.39 is 0 Å². The molecule has 0 fully saturated rings. The summed E-state index contributed by atoms with van der Waals surface area (Å²) in [6.07, 6.45) is 5.55. The standard InChI is InChI=1S/C10H19N3O/c1-9(7-14)5-12-10(2)6-13-4-3-11-8-13/h3-4,8-10,12,14H,5-7H2,1-2H3. The lowest BCUT2D eigenvalue weighted by atomic mass is 10.2. The maximum atomic E-state index is 8.85. The molecule has 1 aromatic rings. The van der Waals surface area contributed by atoms with Gasteiger partial charge in [-0.2, -0.15) is 0 Å². The fourth-order valence-corrected chi connectivity index (χ4v) is 1.24. The molecule has 4 heteroatoms. The average Bonchev–Trinajstić information content (AvgIpc) is 2.66. The zero-order valence-corrected chi connectivity index (χ0v) is 8.85. The summed E-state index contributed by atoms with van der Waals surface area (Å²) in [4.78, 5) is 3.98. The van der Waals surface area contributed by atoms with E-state index in [2.05, 4.69) is 17.2 Å². The molecule has 0 amide bonds. The second kappa shape index (κ2) is 5.78. The Morgan fingerprint density at radius 3 is 2.86 bits per heavy atom. The van der Waals surface area contributed by atoms with E-state index in [1.165, 1.54) is 0 Å². The summed E-state index contributed by atoms with van der Waals surface area (Å²) >= 11 is 0. The van der Waals surface area contributed by atoms with E-state index >= 15 is 0 Å².